The van der Waals surface area contributed by atoms with E-state index in [9.17, 15) is 8.42 Å². The van der Waals surface area contributed by atoms with Crippen LogP contribution >= 0.6 is 39.9 Å². The van der Waals surface area contributed by atoms with Gasteiger partial charge in [0.15, 0.2) is 5.96 Å². The Morgan fingerprint density at radius 2 is 1.96 bits per heavy atom. The summed E-state index contributed by atoms with van der Waals surface area (Å²) in [6, 6.07) is 8.61. The number of aliphatic imine (C=N–C) groups is 1. The minimum atomic E-state index is -3.26. The van der Waals surface area contributed by atoms with E-state index in [0.717, 1.165) is 30.2 Å². The normalized spacial score (nSPS) is 18.2. The van der Waals surface area contributed by atoms with E-state index in [1.807, 2.05) is 26.0 Å². The van der Waals surface area contributed by atoms with Gasteiger partial charge in [-0.25, -0.2) is 13.1 Å². The molecule has 0 aromatic heterocycles. The molecular formula is C17H29BrIN5O2S. The molecule has 0 saturated carbocycles. The molecule has 2 rings (SSSR count). The maximum atomic E-state index is 11.4. The molecule has 1 heterocycles. The standard InChI is InChI=1S/C17H28BrN5O2S.HI/c1-17(2,22-26(4,24)25)12-20-16(19-3)21-14-9-10-23(11-14)15-7-5-13(18)6-8-15;/h5-8,14,22H,9-12H2,1-4H3,(H2,19,20,21);1H. The lowest BCUT2D eigenvalue weighted by Crippen LogP contribution is -2.54. The molecule has 1 unspecified atom stereocenters. The predicted octanol–water partition coefficient (Wildman–Crippen LogP) is 2.14. The first-order valence-corrected chi connectivity index (χ1v) is 11.2. The van der Waals surface area contributed by atoms with Gasteiger partial charge in [-0.05, 0) is 44.5 Å². The number of benzene rings is 1. The van der Waals surface area contributed by atoms with Gasteiger partial charge in [0, 0.05) is 48.4 Å². The zero-order chi connectivity index (χ0) is 19.4. The molecule has 0 radical (unpaired) electrons. The van der Waals surface area contributed by atoms with Gasteiger partial charge in [-0.3, -0.25) is 4.99 Å². The smallest absolute Gasteiger partial charge is 0.209 e. The highest BCUT2D eigenvalue weighted by Crippen LogP contribution is 2.22. The van der Waals surface area contributed by atoms with Gasteiger partial charge >= 0.3 is 0 Å². The molecule has 1 aliphatic heterocycles. The Morgan fingerprint density at radius 1 is 1.33 bits per heavy atom. The fourth-order valence-electron chi connectivity index (χ4n) is 3.00. The largest absolute Gasteiger partial charge is 0.369 e. The quantitative estimate of drug-likeness (QED) is 0.276. The van der Waals surface area contributed by atoms with Crippen LogP contribution in [0.4, 0.5) is 5.69 Å². The molecule has 1 fully saturated rings. The molecule has 0 spiro atoms. The second kappa shape index (κ2) is 10.3. The Bertz CT molecular complexity index is 740. The molecule has 7 nitrogen and oxygen atoms in total. The Hall–Kier alpha value is -0.590. The topological polar surface area (TPSA) is 85.8 Å². The van der Waals surface area contributed by atoms with E-state index in [2.05, 4.69) is 53.3 Å². The Labute approximate surface area is 188 Å². The van der Waals surface area contributed by atoms with E-state index >= 15 is 0 Å². The first kappa shape index (κ1) is 24.4. The van der Waals surface area contributed by atoms with E-state index in [-0.39, 0.29) is 30.0 Å². The highest BCUT2D eigenvalue weighted by molar-refractivity contribution is 14.0. The minimum absolute atomic E-state index is 0. The molecule has 3 N–H and O–H groups in total. The van der Waals surface area contributed by atoms with Crippen molar-refractivity contribution in [2.24, 2.45) is 4.99 Å². The first-order valence-electron chi connectivity index (χ1n) is 8.55. The van der Waals surface area contributed by atoms with Crippen LogP contribution in [0, 0.1) is 0 Å². The summed E-state index contributed by atoms with van der Waals surface area (Å²) in [7, 11) is -1.54. The van der Waals surface area contributed by atoms with Crippen LogP contribution < -0.4 is 20.3 Å². The number of hydrogen-bond donors (Lipinski definition) is 3. The number of guanidine groups is 1. The van der Waals surface area contributed by atoms with Crippen LogP contribution in [0.1, 0.15) is 20.3 Å². The van der Waals surface area contributed by atoms with Crippen molar-refractivity contribution in [2.75, 3.05) is 37.8 Å². The summed E-state index contributed by atoms with van der Waals surface area (Å²) >= 11 is 3.46. The molecule has 27 heavy (non-hydrogen) atoms. The maximum Gasteiger partial charge on any atom is 0.209 e. The molecule has 1 aromatic carbocycles. The van der Waals surface area contributed by atoms with Crippen LogP contribution in [0.3, 0.4) is 0 Å². The molecule has 10 heteroatoms. The lowest BCUT2D eigenvalue weighted by molar-refractivity contribution is 0.445. The highest BCUT2D eigenvalue weighted by atomic mass is 127. The minimum Gasteiger partial charge on any atom is -0.369 e. The van der Waals surface area contributed by atoms with Crippen molar-refractivity contribution >= 4 is 61.6 Å². The third-order valence-corrected chi connectivity index (χ3v) is 5.56. The average molecular weight is 574 g/mol. The van der Waals surface area contributed by atoms with Gasteiger partial charge in [0.1, 0.15) is 0 Å². The molecule has 1 saturated heterocycles. The van der Waals surface area contributed by atoms with Crippen molar-refractivity contribution in [1.29, 1.82) is 0 Å². The Kier molecular flexibility index (Phi) is 9.29. The van der Waals surface area contributed by atoms with Gasteiger partial charge in [0.05, 0.1) is 6.26 Å². The predicted molar refractivity (Wildman–Crippen MR) is 127 cm³/mol. The number of anilines is 1. The van der Waals surface area contributed by atoms with Crippen LogP contribution in [0.15, 0.2) is 33.7 Å². The molecule has 0 aliphatic carbocycles. The lowest BCUT2D eigenvalue weighted by Gasteiger charge is -2.27. The van der Waals surface area contributed by atoms with Crippen molar-refractivity contribution in [3.8, 4) is 0 Å². The van der Waals surface area contributed by atoms with Gasteiger partial charge in [0.2, 0.25) is 10.0 Å². The summed E-state index contributed by atoms with van der Waals surface area (Å²) in [5, 5.41) is 6.63. The number of rotatable bonds is 6. The van der Waals surface area contributed by atoms with Crippen LogP contribution in [0.2, 0.25) is 0 Å². The van der Waals surface area contributed by atoms with Gasteiger partial charge < -0.3 is 15.5 Å². The van der Waals surface area contributed by atoms with Crippen LogP contribution in [-0.2, 0) is 10.0 Å². The number of nitrogens with zero attached hydrogens (tertiary/aromatic N) is 2. The Morgan fingerprint density at radius 3 is 2.52 bits per heavy atom. The summed E-state index contributed by atoms with van der Waals surface area (Å²) in [6.07, 6.45) is 2.18. The van der Waals surface area contributed by atoms with Gasteiger partial charge in [-0.1, -0.05) is 15.9 Å². The van der Waals surface area contributed by atoms with Crippen molar-refractivity contribution in [3.05, 3.63) is 28.7 Å². The fraction of sp³-hybridized carbons (Fsp3) is 0.588. The summed E-state index contributed by atoms with van der Waals surface area (Å²) in [6.45, 7) is 5.98. The second-order valence-electron chi connectivity index (χ2n) is 7.24. The lowest BCUT2D eigenvalue weighted by atomic mass is 10.1. The SMILES string of the molecule is CN=C(NCC(C)(C)NS(C)(=O)=O)NC1CCN(c2ccc(Br)cc2)C1.I. The summed E-state index contributed by atoms with van der Waals surface area (Å²) in [5.41, 5.74) is 0.601. The number of sulfonamides is 1. The van der Waals surface area contributed by atoms with E-state index in [4.69, 9.17) is 0 Å². The molecule has 0 bridgehead atoms. The van der Waals surface area contributed by atoms with Gasteiger partial charge in [-0.2, -0.15) is 0 Å². The molecule has 154 valence electrons. The third-order valence-electron chi connectivity index (χ3n) is 4.10. The molecule has 0 amide bonds. The van der Waals surface area contributed by atoms with Crippen molar-refractivity contribution in [3.63, 3.8) is 0 Å². The Balaban J connectivity index is 0.00000364. The number of halogens is 2. The zero-order valence-corrected chi connectivity index (χ0v) is 20.9. The number of hydrogen-bond acceptors (Lipinski definition) is 4. The van der Waals surface area contributed by atoms with E-state index in [1.165, 1.54) is 5.69 Å². The fourth-order valence-corrected chi connectivity index (χ4v) is 4.34. The molecule has 1 aliphatic rings. The monoisotopic (exact) mass is 573 g/mol. The van der Waals surface area contributed by atoms with E-state index in [1.54, 1.807) is 7.05 Å². The second-order valence-corrected chi connectivity index (χ2v) is 9.90. The average Bonchev–Trinajstić information content (AvgIpc) is 2.98. The van der Waals surface area contributed by atoms with Gasteiger partial charge in [0.25, 0.3) is 0 Å². The molecular weight excluding hydrogens is 545 g/mol. The highest BCUT2D eigenvalue weighted by Gasteiger charge is 2.25. The number of nitrogens with one attached hydrogen (secondary N) is 3. The van der Waals surface area contributed by atoms with Gasteiger partial charge in [-0.15, -0.1) is 24.0 Å². The maximum absolute atomic E-state index is 11.4. The van der Waals surface area contributed by atoms with Crippen LogP contribution in [-0.4, -0.2) is 58.9 Å². The summed E-state index contributed by atoms with van der Waals surface area (Å²) in [4.78, 5) is 6.59. The first-order chi connectivity index (χ1) is 12.1. The summed E-state index contributed by atoms with van der Waals surface area (Å²) in [5.74, 6) is 0.677. The van der Waals surface area contributed by atoms with Crippen LogP contribution in [0.25, 0.3) is 0 Å². The van der Waals surface area contributed by atoms with Crippen molar-refractivity contribution in [2.45, 2.75) is 31.8 Å². The molecule has 1 aromatic rings. The van der Waals surface area contributed by atoms with Crippen LogP contribution in [0.5, 0.6) is 0 Å². The third kappa shape index (κ3) is 8.53. The zero-order valence-electron chi connectivity index (χ0n) is 16.1. The van der Waals surface area contributed by atoms with E-state index in [0.29, 0.717) is 12.5 Å². The summed E-state index contributed by atoms with van der Waals surface area (Å²) < 4.78 is 26.6. The van der Waals surface area contributed by atoms with E-state index < -0.39 is 15.6 Å². The molecule has 1 atom stereocenters. The van der Waals surface area contributed by atoms with Crippen molar-refractivity contribution in [1.82, 2.24) is 15.4 Å². The van der Waals surface area contributed by atoms with Crippen molar-refractivity contribution < 1.29 is 8.42 Å².